The first-order valence-electron chi connectivity index (χ1n) is 8.40. The van der Waals surface area contributed by atoms with Crippen molar-refractivity contribution in [3.8, 4) is 0 Å². The van der Waals surface area contributed by atoms with Gasteiger partial charge in [-0.1, -0.05) is 34.1 Å². The number of rotatable bonds is 7. The van der Waals surface area contributed by atoms with Crippen LogP contribution in [0.4, 0.5) is 0 Å². The van der Waals surface area contributed by atoms with Gasteiger partial charge in [0, 0.05) is 36.7 Å². The minimum atomic E-state index is -3.64. The van der Waals surface area contributed by atoms with Gasteiger partial charge >= 0.3 is 0 Å². The lowest BCUT2D eigenvalue weighted by Crippen LogP contribution is -2.30. The number of hydrogen-bond donors (Lipinski definition) is 0. The van der Waals surface area contributed by atoms with E-state index < -0.39 is 10.0 Å². The smallest absolute Gasteiger partial charge is 0.253 e. The van der Waals surface area contributed by atoms with Gasteiger partial charge in [0.25, 0.3) is 5.91 Å². The van der Waals surface area contributed by atoms with Gasteiger partial charge in [-0.25, -0.2) is 8.42 Å². The number of benzene rings is 2. The fourth-order valence-corrected chi connectivity index (χ4v) is 4.15. The molecule has 2 aromatic rings. The summed E-state index contributed by atoms with van der Waals surface area (Å²) in [4.78, 5) is 14.2. The number of halogens is 1. The number of hydrogen-bond acceptors (Lipinski definition) is 3. The Labute approximate surface area is 163 Å². The molecule has 0 spiro atoms. The minimum absolute atomic E-state index is 0.0967. The van der Waals surface area contributed by atoms with Crippen molar-refractivity contribution in [2.45, 2.75) is 25.3 Å². The Morgan fingerprint density at radius 2 is 1.58 bits per heavy atom. The highest BCUT2D eigenvalue weighted by Crippen LogP contribution is 2.22. The molecular formula is C19H23BrN2O3S. The lowest BCUT2D eigenvalue weighted by Gasteiger charge is -2.20. The zero-order chi connectivity index (χ0) is 19.3. The monoisotopic (exact) mass is 438 g/mol. The van der Waals surface area contributed by atoms with Crippen molar-refractivity contribution in [2.24, 2.45) is 0 Å². The Morgan fingerprint density at radius 1 is 1.00 bits per heavy atom. The fraction of sp³-hybridized carbons (Fsp3) is 0.316. The quantitative estimate of drug-likeness (QED) is 0.661. The molecule has 0 atom stereocenters. The van der Waals surface area contributed by atoms with Gasteiger partial charge in [0.2, 0.25) is 10.0 Å². The van der Waals surface area contributed by atoms with E-state index in [1.165, 1.54) is 16.4 Å². The zero-order valence-corrected chi connectivity index (χ0v) is 17.5. The van der Waals surface area contributed by atoms with E-state index in [9.17, 15) is 13.2 Å². The third-order valence-electron chi connectivity index (χ3n) is 4.21. The fourth-order valence-electron chi connectivity index (χ4n) is 2.59. The normalized spacial score (nSPS) is 11.6. The Bertz CT molecular complexity index is 863. The first-order chi connectivity index (χ1) is 12.3. The summed E-state index contributed by atoms with van der Waals surface area (Å²) >= 11 is 3.44. The molecule has 5 nitrogen and oxygen atoms in total. The van der Waals surface area contributed by atoms with E-state index >= 15 is 0 Å². The van der Waals surface area contributed by atoms with Crippen LogP contribution >= 0.6 is 15.9 Å². The average Bonchev–Trinajstić information content (AvgIpc) is 2.64. The molecule has 1 amide bonds. The SMILES string of the molecule is CCN(CC)C(=O)c1ccc(S(=O)(=O)N(C)Cc2ccccc2Br)cc1. The molecule has 0 unspecified atom stereocenters. The van der Waals surface area contributed by atoms with E-state index in [1.807, 2.05) is 38.1 Å². The first-order valence-corrected chi connectivity index (χ1v) is 10.6. The van der Waals surface area contributed by atoms with Crippen LogP contribution in [0.15, 0.2) is 57.9 Å². The zero-order valence-electron chi connectivity index (χ0n) is 15.1. The van der Waals surface area contributed by atoms with Crippen molar-refractivity contribution in [3.05, 3.63) is 64.1 Å². The lowest BCUT2D eigenvalue weighted by atomic mass is 10.2. The van der Waals surface area contributed by atoms with E-state index in [0.717, 1.165) is 10.0 Å². The van der Waals surface area contributed by atoms with Crippen LogP contribution in [-0.2, 0) is 16.6 Å². The minimum Gasteiger partial charge on any atom is -0.339 e. The van der Waals surface area contributed by atoms with Crippen molar-refractivity contribution in [3.63, 3.8) is 0 Å². The Kier molecular flexibility index (Phi) is 6.97. The maximum Gasteiger partial charge on any atom is 0.253 e. The third kappa shape index (κ3) is 4.52. The molecule has 26 heavy (non-hydrogen) atoms. The molecule has 2 rings (SSSR count). The highest BCUT2D eigenvalue weighted by molar-refractivity contribution is 9.10. The summed E-state index contributed by atoms with van der Waals surface area (Å²) in [7, 11) is -2.09. The Balaban J connectivity index is 2.21. The van der Waals surface area contributed by atoms with Crippen LogP contribution in [0.25, 0.3) is 0 Å². The molecule has 0 saturated heterocycles. The van der Waals surface area contributed by atoms with Gasteiger partial charge in [-0.15, -0.1) is 0 Å². The first kappa shape index (κ1) is 20.6. The number of sulfonamides is 1. The second-order valence-electron chi connectivity index (χ2n) is 5.85. The van der Waals surface area contributed by atoms with Crippen molar-refractivity contribution in [1.29, 1.82) is 0 Å². The topological polar surface area (TPSA) is 57.7 Å². The van der Waals surface area contributed by atoms with Crippen molar-refractivity contribution < 1.29 is 13.2 Å². The van der Waals surface area contributed by atoms with Crippen molar-refractivity contribution in [2.75, 3.05) is 20.1 Å². The second-order valence-corrected chi connectivity index (χ2v) is 8.75. The summed E-state index contributed by atoms with van der Waals surface area (Å²) in [5, 5.41) is 0. The highest BCUT2D eigenvalue weighted by atomic mass is 79.9. The average molecular weight is 439 g/mol. The van der Waals surface area contributed by atoms with E-state index in [-0.39, 0.29) is 17.3 Å². The van der Waals surface area contributed by atoms with Crippen LogP contribution in [0.5, 0.6) is 0 Å². The van der Waals surface area contributed by atoms with Gasteiger partial charge in [-0.3, -0.25) is 4.79 Å². The molecule has 0 fully saturated rings. The van der Waals surface area contributed by atoms with Crippen LogP contribution in [0, 0.1) is 0 Å². The molecule has 0 saturated carbocycles. The largest absolute Gasteiger partial charge is 0.339 e. The van der Waals surface area contributed by atoms with Crippen molar-refractivity contribution >= 4 is 31.9 Å². The van der Waals surface area contributed by atoms with Crippen LogP contribution in [-0.4, -0.2) is 43.7 Å². The number of amides is 1. The van der Waals surface area contributed by atoms with Crippen LogP contribution in [0.3, 0.4) is 0 Å². The summed E-state index contributed by atoms with van der Waals surface area (Å²) in [6, 6.07) is 13.6. The van der Waals surface area contributed by atoms with E-state index in [4.69, 9.17) is 0 Å². The van der Waals surface area contributed by atoms with Crippen LogP contribution < -0.4 is 0 Å². The third-order valence-corrected chi connectivity index (χ3v) is 6.80. The van der Waals surface area contributed by atoms with E-state index in [2.05, 4.69) is 15.9 Å². The maximum absolute atomic E-state index is 12.8. The molecule has 0 heterocycles. The molecule has 0 aliphatic rings. The summed E-state index contributed by atoms with van der Waals surface area (Å²) < 4.78 is 27.7. The molecule has 0 bridgehead atoms. The van der Waals surface area contributed by atoms with Gasteiger partial charge in [0.1, 0.15) is 0 Å². The molecule has 0 aliphatic carbocycles. The Hall–Kier alpha value is -1.70. The molecule has 0 aromatic heterocycles. The molecule has 0 radical (unpaired) electrons. The molecule has 0 N–H and O–H groups in total. The summed E-state index contributed by atoms with van der Waals surface area (Å²) in [5.74, 6) is -0.0967. The van der Waals surface area contributed by atoms with Crippen LogP contribution in [0.1, 0.15) is 29.8 Å². The maximum atomic E-state index is 12.8. The highest BCUT2D eigenvalue weighted by Gasteiger charge is 2.22. The number of carbonyl (C=O) groups is 1. The summed E-state index contributed by atoms with van der Waals surface area (Å²) in [6.07, 6.45) is 0. The predicted molar refractivity (Wildman–Crippen MR) is 106 cm³/mol. The van der Waals surface area contributed by atoms with Crippen LogP contribution in [0.2, 0.25) is 0 Å². The van der Waals surface area contributed by atoms with Gasteiger partial charge in [-0.05, 0) is 49.7 Å². The van der Waals surface area contributed by atoms with Gasteiger partial charge < -0.3 is 4.90 Å². The molecular weight excluding hydrogens is 416 g/mol. The summed E-state index contributed by atoms with van der Waals surface area (Å²) in [6.45, 7) is 5.31. The van der Waals surface area contributed by atoms with E-state index in [0.29, 0.717) is 18.7 Å². The molecule has 0 aliphatic heterocycles. The molecule has 2 aromatic carbocycles. The predicted octanol–water partition coefficient (Wildman–Crippen LogP) is 3.75. The van der Waals surface area contributed by atoms with Gasteiger partial charge in [0.15, 0.2) is 0 Å². The van der Waals surface area contributed by atoms with Gasteiger partial charge in [-0.2, -0.15) is 4.31 Å². The summed E-state index contributed by atoms with van der Waals surface area (Å²) in [5.41, 5.74) is 1.37. The molecule has 7 heteroatoms. The molecule has 140 valence electrons. The lowest BCUT2D eigenvalue weighted by molar-refractivity contribution is 0.0773. The Morgan fingerprint density at radius 3 is 2.12 bits per heavy atom. The number of carbonyl (C=O) groups excluding carboxylic acids is 1. The van der Waals surface area contributed by atoms with E-state index in [1.54, 1.807) is 24.1 Å². The standard InChI is InChI=1S/C19H23BrN2O3S/c1-4-22(5-2)19(23)15-10-12-17(13-11-15)26(24,25)21(3)14-16-8-6-7-9-18(16)20/h6-13H,4-5,14H2,1-3H3. The second kappa shape index (κ2) is 8.79. The number of nitrogens with zero attached hydrogens (tertiary/aromatic N) is 2. The van der Waals surface area contributed by atoms with Crippen molar-refractivity contribution in [1.82, 2.24) is 9.21 Å². The van der Waals surface area contributed by atoms with Gasteiger partial charge in [0.05, 0.1) is 4.90 Å².